The van der Waals surface area contributed by atoms with Crippen LogP contribution in [0.4, 0.5) is 11.4 Å². The Bertz CT molecular complexity index is 1450. The zero-order valence-corrected chi connectivity index (χ0v) is 15.4. The molecule has 4 heteroatoms. The maximum absolute atomic E-state index is 6.03. The molecule has 6 aromatic rings. The molecule has 0 aliphatic heterocycles. The van der Waals surface area contributed by atoms with Gasteiger partial charge < -0.3 is 14.2 Å². The molecule has 4 nitrogen and oxygen atoms in total. The lowest BCUT2D eigenvalue weighted by Gasteiger charge is -2.05. The summed E-state index contributed by atoms with van der Waals surface area (Å²) in [5.74, 6) is 0.612. The number of rotatable bonds is 3. The van der Waals surface area contributed by atoms with Crippen LogP contribution in [0.1, 0.15) is 0 Å². The summed E-state index contributed by atoms with van der Waals surface area (Å²) in [5.41, 5.74) is 6.33. The van der Waals surface area contributed by atoms with Crippen molar-refractivity contribution in [1.29, 1.82) is 0 Å². The van der Waals surface area contributed by atoms with Crippen LogP contribution in [0.5, 0.6) is 0 Å². The van der Waals surface area contributed by atoms with E-state index in [1.54, 1.807) is 0 Å². The Balaban J connectivity index is 1.47. The molecular weight excluding hydrogens is 360 g/mol. The van der Waals surface area contributed by atoms with Crippen molar-refractivity contribution in [3.8, 4) is 11.5 Å². The second-order valence-corrected chi connectivity index (χ2v) is 7.00. The van der Waals surface area contributed by atoms with Gasteiger partial charge in [0.2, 0.25) is 5.89 Å². The Hall–Kier alpha value is -4.05. The minimum Gasteiger partial charge on any atom is -0.456 e. The van der Waals surface area contributed by atoms with Gasteiger partial charge >= 0.3 is 0 Å². The molecule has 2 heterocycles. The number of oxazole rings is 1. The number of anilines is 2. The number of para-hydroxylation sites is 3. The first-order valence-corrected chi connectivity index (χ1v) is 9.48. The fraction of sp³-hybridized carbons (Fsp3) is 0. The molecule has 0 saturated heterocycles. The Labute approximate surface area is 166 Å². The summed E-state index contributed by atoms with van der Waals surface area (Å²) in [6.45, 7) is 0. The Morgan fingerprint density at radius 3 is 2.21 bits per heavy atom. The van der Waals surface area contributed by atoms with Crippen LogP contribution in [-0.4, -0.2) is 4.98 Å². The van der Waals surface area contributed by atoms with Gasteiger partial charge in [0.25, 0.3) is 0 Å². The van der Waals surface area contributed by atoms with Crippen LogP contribution in [0.3, 0.4) is 0 Å². The molecule has 138 valence electrons. The molecule has 4 aromatic carbocycles. The van der Waals surface area contributed by atoms with E-state index in [9.17, 15) is 0 Å². The number of hydrogen-bond acceptors (Lipinski definition) is 4. The summed E-state index contributed by atoms with van der Waals surface area (Å²) in [4.78, 5) is 4.62. The lowest BCUT2D eigenvalue weighted by molar-refractivity contribution is 0.620. The molecule has 0 atom stereocenters. The third-order valence-electron chi connectivity index (χ3n) is 5.07. The van der Waals surface area contributed by atoms with E-state index in [1.165, 1.54) is 0 Å². The van der Waals surface area contributed by atoms with Crippen molar-refractivity contribution in [3.63, 3.8) is 0 Å². The zero-order valence-electron chi connectivity index (χ0n) is 15.4. The highest BCUT2D eigenvalue weighted by molar-refractivity contribution is 6.07. The number of nitrogens with zero attached hydrogens (tertiary/aromatic N) is 1. The van der Waals surface area contributed by atoms with Crippen LogP contribution in [0.15, 0.2) is 99.8 Å². The molecule has 2 aromatic heterocycles. The van der Waals surface area contributed by atoms with Gasteiger partial charge in [-0.05, 0) is 60.7 Å². The minimum atomic E-state index is 0.612. The lowest BCUT2D eigenvalue weighted by Crippen LogP contribution is -1.88. The summed E-state index contributed by atoms with van der Waals surface area (Å²) < 4.78 is 12.0. The summed E-state index contributed by atoms with van der Waals surface area (Å²) in [6.07, 6.45) is 0. The largest absolute Gasteiger partial charge is 0.456 e. The van der Waals surface area contributed by atoms with Crippen LogP contribution in [-0.2, 0) is 0 Å². The molecule has 1 N–H and O–H groups in total. The molecule has 0 unspecified atom stereocenters. The first-order chi connectivity index (χ1) is 14.3. The maximum atomic E-state index is 6.03. The molecule has 0 amide bonds. The van der Waals surface area contributed by atoms with Crippen molar-refractivity contribution in [3.05, 3.63) is 91.0 Å². The summed E-state index contributed by atoms with van der Waals surface area (Å²) >= 11 is 0. The fourth-order valence-corrected chi connectivity index (χ4v) is 3.67. The van der Waals surface area contributed by atoms with Gasteiger partial charge in [0.1, 0.15) is 16.7 Å². The monoisotopic (exact) mass is 376 g/mol. The Morgan fingerprint density at radius 1 is 0.586 bits per heavy atom. The van der Waals surface area contributed by atoms with Crippen LogP contribution in [0.25, 0.3) is 44.5 Å². The quantitative estimate of drug-likeness (QED) is 0.357. The SMILES string of the molecule is c1ccc(Nc2ccc3oc4ccc(-c5nc6ccccc6o5)cc4c3c2)cc1. The van der Waals surface area contributed by atoms with E-state index < -0.39 is 0 Å². The second-order valence-electron chi connectivity index (χ2n) is 7.00. The maximum Gasteiger partial charge on any atom is 0.227 e. The second kappa shape index (κ2) is 6.24. The van der Waals surface area contributed by atoms with E-state index >= 15 is 0 Å². The number of nitrogens with one attached hydrogen (secondary N) is 1. The molecule has 0 aliphatic carbocycles. The van der Waals surface area contributed by atoms with E-state index in [2.05, 4.69) is 22.4 Å². The van der Waals surface area contributed by atoms with Crippen LogP contribution < -0.4 is 5.32 Å². The van der Waals surface area contributed by atoms with Crippen molar-refractivity contribution in [2.45, 2.75) is 0 Å². The van der Waals surface area contributed by atoms with Crippen LogP contribution in [0.2, 0.25) is 0 Å². The van der Waals surface area contributed by atoms with E-state index in [0.717, 1.165) is 50.0 Å². The molecule has 0 spiro atoms. The van der Waals surface area contributed by atoms with Gasteiger partial charge in [0, 0.05) is 27.7 Å². The number of fused-ring (bicyclic) bond motifs is 4. The topological polar surface area (TPSA) is 51.2 Å². The average Bonchev–Trinajstić information content (AvgIpc) is 3.35. The summed E-state index contributed by atoms with van der Waals surface area (Å²) in [5, 5.41) is 5.53. The highest BCUT2D eigenvalue weighted by Crippen LogP contribution is 2.35. The third-order valence-corrected chi connectivity index (χ3v) is 5.07. The number of hydrogen-bond donors (Lipinski definition) is 1. The predicted molar refractivity (Wildman–Crippen MR) is 116 cm³/mol. The highest BCUT2D eigenvalue weighted by Gasteiger charge is 2.13. The first kappa shape index (κ1) is 16.0. The van der Waals surface area contributed by atoms with E-state index in [1.807, 2.05) is 78.9 Å². The molecule has 0 aliphatic rings. The Kier molecular flexibility index (Phi) is 3.43. The van der Waals surface area contributed by atoms with Crippen molar-refractivity contribution in [2.24, 2.45) is 0 Å². The van der Waals surface area contributed by atoms with E-state index in [0.29, 0.717) is 5.89 Å². The Morgan fingerprint density at radius 2 is 1.34 bits per heavy atom. The molecule has 0 fully saturated rings. The normalized spacial score (nSPS) is 11.4. The predicted octanol–water partition coefficient (Wildman–Crippen LogP) is 7.14. The number of aromatic nitrogens is 1. The highest BCUT2D eigenvalue weighted by atomic mass is 16.3. The van der Waals surface area contributed by atoms with Gasteiger partial charge in [-0.25, -0.2) is 4.98 Å². The third kappa shape index (κ3) is 2.74. The molecule has 0 radical (unpaired) electrons. The molecule has 29 heavy (non-hydrogen) atoms. The standard InChI is InChI=1S/C25H16N2O2/c1-2-6-17(7-3-1)26-18-11-13-23-20(15-18)19-14-16(10-12-22(19)28-23)25-27-21-8-4-5-9-24(21)29-25/h1-15,26H. The van der Waals surface area contributed by atoms with Gasteiger partial charge in [-0.3, -0.25) is 0 Å². The van der Waals surface area contributed by atoms with Crippen molar-refractivity contribution < 1.29 is 8.83 Å². The summed E-state index contributed by atoms with van der Waals surface area (Å²) in [6, 6.07) is 30.1. The number of benzene rings is 4. The van der Waals surface area contributed by atoms with Gasteiger partial charge in [-0.1, -0.05) is 30.3 Å². The smallest absolute Gasteiger partial charge is 0.227 e. The van der Waals surface area contributed by atoms with Crippen molar-refractivity contribution in [1.82, 2.24) is 4.98 Å². The van der Waals surface area contributed by atoms with Crippen molar-refractivity contribution >= 4 is 44.4 Å². The van der Waals surface area contributed by atoms with E-state index in [-0.39, 0.29) is 0 Å². The van der Waals surface area contributed by atoms with E-state index in [4.69, 9.17) is 8.83 Å². The van der Waals surface area contributed by atoms with Gasteiger partial charge in [-0.2, -0.15) is 0 Å². The first-order valence-electron chi connectivity index (χ1n) is 9.48. The number of furan rings is 1. The lowest BCUT2D eigenvalue weighted by atomic mass is 10.1. The molecule has 0 saturated carbocycles. The van der Waals surface area contributed by atoms with Gasteiger partial charge in [-0.15, -0.1) is 0 Å². The van der Waals surface area contributed by atoms with Gasteiger partial charge in [0.05, 0.1) is 0 Å². The molecular formula is C25H16N2O2. The molecule has 6 rings (SSSR count). The minimum absolute atomic E-state index is 0.612. The van der Waals surface area contributed by atoms with Gasteiger partial charge in [0.15, 0.2) is 5.58 Å². The zero-order chi connectivity index (χ0) is 19.2. The van der Waals surface area contributed by atoms with Crippen LogP contribution in [0, 0.1) is 0 Å². The van der Waals surface area contributed by atoms with Crippen molar-refractivity contribution in [2.75, 3.05) is 5.32 Å². The molecule has 0 bridgehead atoms. The van der Waals surface area contributed by atoms with Crippen LogP contribution >= 0.6 is 0 Å². The average molecular weight is 376 g/mol. The summed E-state index contributed by atoms with van der Waals surface area (Å²) in [7, 11) is 0. The fourth-order valence-electron chi connectivity index (χ4n) is 3.67.